The van der Waals surface area contributed by atoms with Gasteiger partial charge in [0.1, 0.15) is 0 Å². The van der Waals surface area contributed by atoms with Crippen LogP contribution in [0.1, 0.15) is 52.4 Å². The fraction of sp³-hybridized carbons (Fsp3) is 1.00. The maximum Gasteiger partial charge on any atom is 0.0797 e. The lowest BCUT2D eigenvalue weighted by atomic mass is 9.88. The van der Waals surface area contributed by atoms with E-state index in [0.29, 0.717) is 18.5 Å². The van der Waals surface area contributed by atoms with E-state index in [9.17, 15) is 5.11 Å². The van der Waals surface area contributed by atoms with Gasteiger partial charge in [-0.3, -0.25) is 0 Å². The summed E-state index contributed by atoms with van der Waals surface area (Å²) in [7, 11) is 0. The fourth-order valence-corrected chi connectivity index (χ4v) is 3.32. The van der Waals surface area contributed by atoms with Crippen LogP contribution in [0.4, 0.5) is 0 Å². The molecule has 0 aliphatic heterocycles. The molecule has 0 radical (unpaired) electrons. The van der Waals surface area contributed by atoms with Crippen LogP contribution in [0.25, 0.3) is 0 Å². The lowest BCUT2D eigenvalue weighted by molar-refractivity contribution is 0.00325. The predicted octanol–water partition coefficient (Wildman–Crippen LogP) is 1.99. The Bertz CT molecular complexity index is 265. The molecule has 18 heavy (non-hydrogen) atoms. The molecular weight excluding hydrogens is 224 g/mol. The third-order valence-corrected chi connectivity index (χ3v) is 4.96. The second-order valence-electron chi connectivity index (χ2n) is 6.72. The molecule has 0 aromatic carbocycles. The van der Waals surface area contributed by atoms with E-state index in [-0.39, 0.29) is 0 Å². The van der Waals surface area contributed by atoms with Gasteiger partial charge < -0.3 is 15.7 Å². The van der Waals surface area contributed by atoms with Crippen LogP contribution in [0.2, 0.25) is 0 Å². The van der Waals surface area contributed by atoms with Crippen molar-refractivity contribution in [1.82, 2.24) is 4.90 Å². The molecule has 2 aliphatic carbocycles. The van der Waals surface area contributed by atoms with Crippen molar-refractivity contribution in [1.29, 1.82) is 0 Å². The lowest BCUT2D eigenvalue weighted by Gasteiger charge is -2.32. The average molecular weight is 254 g/mol. The molecule has 2 atom stereocenters. The van der Waals surface area contributed by atoms with Crippen LogP contribution in [0.5, 0.6) is 0 Å². The molecule has 3 heteroatoms. The molecule has 2 aliphatic rings. The Morgan fingerprint density at radius 1 is 1.33 bits per heavy atom. The zero-order valence-electron chi connectivity index (χ0n) is 12.1. The summed E-state index contributed by atoms with van der Waals surface area (Å²) < 4.78 is 0. The number of rotatable bonds is 7. The Hall–Kier alpha value is -0.120. The molecular formula is C15H30N2O. The molecule has 0 heterocycles. The fourth-order valence-electron chi connectivity index (χ4n) is 3.32. The van der Waals surface area contributed by atoms with Crippen LogP contribution in [0.15, 0.2) is 0 Å². The lowest BCUT2D eigenvalue weighted by Crippen LogP contribution is -2.43. The first kappa shape index (κ1) is 14.3. The van der Waals surface area contributed by atoms with Crippen molar-refractivity contribution in [3.63, 3.8) is 0 Å². The quantitative estimate of drug-likeness (QED) is 0.730. The van der Waals surface area contributed by atoms with Crippen molar-refractivity contribution in [3.8, 4) is 0 Å². The molecule has 2 unspecified atom stereocenters. The Morgan fingerprint density at radius 2 is 2.06 bits per heavy atom. The third kappa shape index (κ3) is 3.46. The van der Waals surface area contributed by atoms with Gasteiger partial charge in [0.15, 0.2) is 0 Å². The first-order valence-electron chi connectivity index (χ1n) is 7.71. The summed E-state index contributed by atoms with van der Waals surface area (Å²) in [6, 6.07) is 0.623. The van der Waals surface area contributed by atoms with Gasteiger partial charge in [-0.2, -0.15) is 0 Å². The van der Waals surface area contributed by atoms with Gasteiger partial charge in [0.2, 0.25) is 0 Å². The van der Waals surface area contributed by atoms with E-state index in [0.717, 1.165) is 38.1 Å². The molecule has 0 aromatic heterocycles. The van der Waals surface area contributed by atoms with Crippen LogP contribution in [0.3, 0.4) is 0 Å². The Morgan fingerprint density at radius 3 is 2.61 bits per heavy atom. The van der Waals surface area contributed by atoms with Crippen molar-refractivity contribution in [3.05, 3.63) is 0 Å². The largest absolute Gasteiger partial charge is 0.388 e. The second-order valence-corrected chi connectivity index (χ2v) is 6.72. The van der Waals surface area contributed by atoms with E-state index in [2.05, 4.69) is 18.7 Å². The number of hydrogen-bond acceptors (Lipinski definition) is 3. The highest BCUT2D eigenvalue weighted by atomic mass is 16.3. The van der Waals surface area contributed by atoms with Gasteiger partial charge >= 0.3 is 0 Å². The Labute approximate surface area is 112 Å². The summed E-state index contributed by atoms with van der Waals surface area (Å²) in [6.07, 6.45) is 7.14. The van der Waals surface area contributed by atoms with E-state index in [1.165, 1.54) is 19.4 Å². The van der Waals surface area contributed by atoms with Crippen LogP contribution < -0.4 is 5.73 Å². The molecule has 0 spiro atoms. The van der Waals surface area contributed by atoms with Gasteiger partial charge in [-0.15, -0.1) is 0 Å². The van der Waals surface area contributed by atoms with Crippen LogP contribution in [0, 0.1) is 11.8 Å². The average Bonchev–Trinajstić information content (AvgIpc) is 3.08. The van der Waals surface area contributed by atoms with Crippen LogP contribution in [-0.2, 0) is 0 Å². The predicted molar refractivity (Wildman–Crippen MR) is 75.4 cm³/mol. The molecule has 2 rings (SSSR count). The minimum atomic E-state index is -0.567. The highest BCUT2D eigenvalue weighted by Crippen LogP contribution is 2.37. The smallest absolute Gasteiger partial charge is 0.0797 e. The van der Waals surface area contributed by atoms with Gasteiger partial charge in [0.25, 0.3) is 0 Å². The standard InChI is InChI=1S/C15H30N2O/c1-12(2)17(10-13-5-6-13)9-7-14-4-3-8-15(14,18)11-16/h12-14,18H,3-11,16H2,1-2H3. The third-order valence-electron chi connectivity index (χ3n) is 4.96. The SMILES string of the molecule is CC(C)N(CCC1CCCC1(O)CN)CC1CC1. The van der Waals surface area contributed by atoms with Crippen molar-refractivity contribution in [2.45, 2.75) is 64.0 Å². The maximum absolute atomic E-state index is 10.5. The second kappa shape index (κ2) is 5.89. The molecule has 0 saturated heterocycles. The molecule has 2 fully saturated rings. The van der Waals surface area contributed by atoms with Gasteiger partial charge in [-0.05, 0) is 64.3 Å². The highest BCUT2D eigenvalue weighted by molar-refractivity contribution is 4.93. The van der Waals surface area contributed by atoms with Crippen molar-refractivity contribution in [2.24, 2.45) is 17.6 Å². The molecule has 0 bridgehead atoms. The first-order valence-corrected chi connectivity index (χ1v) is 7.71. The number of nitrogens with two attached hydrogens (primary N) is 1. The van der Waals surface area contributed by atoms with E-state index in [1.54, 1.807) is 0 Å². The minimum Gasteiger partial charge on any atom is -0.388 e. The summed E-state index contributed by atoms with van der Waals surface area (Å²) in [5.41, 5.74) is 5.18. The van der Waals surface area contributed by atoms with E-state index in [4.69, 9.17) is 5.73 Å². The van der Waals surface area contributed by atoms with Crippen molar-refractivity contribution < 1.29 is 5.11 Å². The van der Waals surface area contributed by atoms with Gasteiger partial charge in [0, 0.05) is 19.1 Å². The monoisotopic (exact) mass is 254 g/mol. The molecule has 3 nitrogen and oxygen atoms in total. The number of nitrogens with zero attached hydrogens (tertiary/aromatic N) is 1. The number of hydrogen-bond donors (Lipinski definition) is 2. The summed E-state index contributed by atoms with van der Waals surface area (Å²) >= 11 is 0. The van der Waals surface area contributed by atoms with Crippen molar-refractivity contribution >= 4 is 0 Å². The molecule has 2 saturated carbocycles. The Kier molecular flexibility index (Phi) is 4.68. The summed E-state index contributed by atoms with van der Waals surface area (Å²) in [5.74, 6) is 1.37. The summed E-state index contributed by atoms with van der Waals surface area (Å²) in [6.45, 7) is 7.38. The molecule has 0 amide bonds. The Balaban J connectivity index is 1.80. The summed E-state index contributed by atoms with van der Waals surface area (Å²) in [5, 5.41) is 10.5. The van der Waals surface area contributed by atoms with Gasteiger partial charge in [-0.1, -0.05) is 6.42 Å². The molecule has 3 N–H and O–H groups in total. The summed E-state index contributed by atoms with van der Waals surface area (Å²) in [4.78, 5) is 2.59. The molecule has 0 aromatic rings. The van der Waals surface area contributed by atoms with Crippen LogP contribution in [-0.4, -0.2) is 41.3 Å². The van der Waals surface area contributed by atoms with E-state index >= 15 is 0 Å². The van der Waals surface area contributed by atoms with Crippen molar-refractivity contribution in [2.75, 3.05) is 19.6 Å². The van der Waals surface area contributed by atoms with Crippen LogP contribution >= 0.6 is 0 Å². The maximum atomic E-state index is 10.5. The van der Waals surface area contributed by atoms with E-state index in [1.807, 2.05) is 0 Å². The topological polar surface area (TPSA) is 49.5 Å². The zero-order chi connectivity index (χ0) is 13.2. The van der Waals surface area contributed by atoms with Gasteiger partial charge in [-0.25, -0.2) is 0 Å². The first-order chi connectivity index (χ1) is 8.55. The molecule has 106 valence electrons. The minimum absolute atomic E-state index is 0.419. The van der Waals surface area contributed by atoms with E-state index < -0.39 is 5.60 Å². The highest BCUT2D eigenvalue weighted by Gasteiger charge is 2.39. The normalized spacial score (nSPS) is 32.7. The zero-order valence-corrected chi connectivity index (χ0v) is 12.1. The number of aliphatic hydroxyl groups is 1. The van der Waals surface area contributed by atoms with Gasteiger partial charge in [0.05, 0.1) is 5.60 Å².